The van der Waals surface area contributed by atoms with E-state index in [1.165, 1.54) is 25.2 Å². The van der Waals surface area contributed by atoms with Gasteiger partial charge >= 0.3 is 0 Å². The molecule has 1 saturated heterocycles. The first-order chi connectivity index (χ1) is 9.85. The molecule has 0 bridgehead atoms. The van der Waals surface area contributed by atoms with Crippen LogP contribution in [0.3, 0.4) is 0 Å². The van der Waals surface area contributed by atoms with E-state index in [4.69, 9.17) is 4.74 Å². The molecule has 1 aliphatic heterocycles. The summed E-state index contributed by atoms with van der Waals surface area (Å²) in [6.07, 6.45) is 5.39. The van der Waals surface area contributed by atoms with Gasteiger partial charge in [-0.05, 0) is 24.3 Å². The van der Waals surface area contributed by atoms with Crippen LogP contribution in [-0.4, -0.2) is 25.5 Å². The van der Waals surface area contributed by atoms with E-state index in [1.807, 2.05) is 7.11 Å². The molecular formula is C18H22BrOP. The number of halogens is 1. The lowest BCUT2D eigenvalue weighted by molar-refractivity contribution is -0.00000498. The summed E-state index contributed by atoms with van der Waals surface area (Å²) in [6, 6.07) is 22.3. The minimum atomic E-state index is -1.23. The zero-order valence-corrected chi connectivity index (χ0v) is 14.9. The Bertz CT molecular complexity index is 494. The van der Waals surface area contributed by atoms with Crippen LogP contribution in [0.5, 0.6) is 0 Å². The average Bonchev–Trinajstić information content (AvgIpc) is 2.56. The SMILES string of the molecule is COC1CC[P+](c2ccccc2)(c2ccccc2)CC1.[Br-]. The smallest absolute Gasteiger partial charge is 0.0991 e. The van der Waals surface area contributed by atoms with Crippen LogP contribution >= 0.6 is 7.26 Å². The van der Waals surface area contributed by atoms with Gasteiger partial charge < -0.3 is 21.7 Å². The van der Waals surface area contributed by atoms with Crippen LogP contribution in [0.25, 0.3) is 0 Å². The second-order valence-corrected chi connectivity index (χ2v) is 9.38. The zero-order chi connectivity index (χ0) is 13.8. The number of benzene rings is 2. The lowest BCUT2D eigenvalue weighted by Gasteiger charge is -2.34. The Morgan fingerprint density at radius 1 is 0.810 bits per heavy atom. The third-order valence-corrected chi connectivity index (χ3v) is 9.12. The summed E-state index contributed by atoms with van der Waals surface area (Å²) in [5.41, 5.74) is 0. The van der Waals surface area contributed by atoms with Crippen molar-refractivity contribution in [1.29, 1.82) is 0 Å². The fraction of sp³-hybridized carbons (Fsp3) is 0.333. The third-order valence-electron chi connectivity index (χ3n) is 4.50. The van der Waals surface area contributed by atoms with Crippen LogP contribution in [0.15, 0.2) is 60.7 Å². The Labute approximate surface area is 138 Å². The molecule has 3 heteroatoms. The molecular weight excluding hydrogens is 343 g/mol. The molecule has 0 unspecified atom stereocenters. The van der Waals surface area contributed by atoms with Crippen LogP contribution < -0.4 is 27.6 Å². The van der Waals surface area contributed by atoms with Gasteiger partial charge in [-0.3, -0.25) is 0 Å². The van der Waals surface area contributed by atoms with Crippen molar-refractivity contribution in [2.24, 2.45) is 0 Å². The first-order valence-electron chi connectivity index (χ1n) is 7.36. The van der Waals surface area contributed by atoms with Gasteiger partial charge in [0.05, 0.1) is 36.3 Å². The molecule has 3 rings (SSSR count). The van der Waals surface area contributed by atoms with Gasteiger partial charge in [-0.2, -0.15) is 0 Å². The largest absolute Gasteiger partial charge is 1.00 e. The van der Waals surface area contributed by atoms with E-state index in [0.29, 0.717) is 6.10 Å². The molecule has 0 aromatic heterocycles. The molecule has 0 radical (unpaired) electrons. The molecule has 1 fully saturated rings. The van der Waals surface area contributed by atoms with Gasteiger partial charge in [0.15, 0.2) is 0 Å². The maximum Gasteiger partial charge on any atom is 0.0991 e. The quantitative estimate of drug-likeness (QED) is 0.719. The Morgan fingerprint density at radius 3 is 1.62 bits per heavy atom. The molecule has 0 N–H and O–H groups in total. The molecule has 0 aliphatic carbocycles. The highest BCUT2D eigenvalue weighted by Crippen LogP contribution is 2.60. The zero-order valence-electron chi connectivity index (χ0n) is 12.4. The molecule has 112 valence electrons. The van der Waals surface area contributed by atoms with Crippen LogP contribution in [0.4, 0.5) is 0 Å². The van der Waals surface area contributed by atoms with E-state index in [0.717, 1.165) is 0 Å². The molecule has 0 saturated carbocycles. The second kappa shape index (κ2) is 7.54. The number of hydrogen-bond donors (Lipinski definition) is 0. The summed E-state index contributed by atoms with van der Waals surface area (Å²) in [5, 5.41) is 3.11. The predicted octanol–water partition coefficient (Wildman–Crippen LogP) is 0.468. The monoisotopic (exact) mass is 364 g/mol. The van der Waals surface area contributed by atoms with Crippen molar-refractivity contribution < 1.29 is 21.7 Å². The highest BCUT2D eigenvalue weighted by Gasteiger charge is 2.45. The van der Waals surface area contributed by atoms with Gasteiger partial charge in [-0.15, -0.1) is 0 Å². The maximum absolute atomic E-state index is 5.57. The van der Waals surface area contributed by atoms with Crippen LogP contribution in [0.2, 0.25) is 0 Å². The maximum atomic E-state index is 5.57. The predicted molar refractivity (Wildman–Crippen MR) is 88.8 cm³/mol. The fourth-order valence-electron chi connectivity index (χ4n) is 3.31. The Morgan fingerprint density at radius 2 is 1.24 bits per heavy atom. The Balaban J connectivity index is 0.00000161. The molecule has 1 aliphatic rings. The molecule has 2 aromatic carbocycles. The van der Waals surface area contributed by atoms with Crippen molar-refractivity contribution in [2.75, 3.05) is 19.4 Å². The first-order valence-corrected chi connectivity index (χ1v) is 9.52. The Kier molecular flexibility index (Phi) is 5.98. The summed E-state index contributed by atoms with van der Waals surface area (Å²) >= 11 is 0. The van der Waals surface area contributed by atoms with Gasteiger partial charge in [0.1, 0.15) is 0 Å². The minimum absolute atomic E-state index is 0. The molecule has 0 spiro atoms. The number of hydrogen-bond acceptors (Lipinski definition) is 1. The normalized spacial score (nSPS) is 18.0. The lowest BCUT2D eigenvalue weighted by atomic mass is 10.2. The summed E-state index contributed by atoms with van der Waals surface area (Å²) in [7, 11) is 0.623. The van der Waals surface area contributed by atoms with E-state index >= 15 is 0 Å². The highest BCUT2D eigenvalue weighted by atomic mass is 79.9. The van der Waals surface area contributed by atoms with Crippen LogP contribution in [0, 0.1) is 0 Å². The second-order valence-electron chi connectivity index (χ2n) is 5.52. The van der Waals surface area contributed by atoms with Crippen molar-refractivity contribution in [3.05, 3.63) is 60.7 Å². The molecule has 0 atom stereocenters. The third kappa shape index (κ3) is 3.39. The van der Waals surface area contributed by atoms with Crippen molar-refractivity contribution >= 4 is 17.9 Å². The molecule has 21 heavy (non-hydrogen) atoms. The van der Waals surface area contributed by atoms with Crippen molar-refractivity contribution in [3.63, 3.8) is 0 Å². The Hall–Kier alpha value is -0.690. The van der Waals surface area contributed by atoms with Crippen molar-refractivity contribution in [3.8, 4) is 0 Å². The fourth-order valence-corrected chi connectivity index (χ4v) is 7.81. The summed E-state index contributed by atoms with van der Waals surface area (Å²) < 4.78 is 5.57. The van der Waals surface area contributed by atoms with Gasteiger partial charge in [-0.1, -0.05) is 36.4 Å². The molecule has 2 aromatic rings. The van der Waals surface area contributed by atoms with Crippen LogP contribution in [0.1, 0.15) is 12.8 Å². The van der Waals surface area contributed by atoms with E-state index in [9.17, 15) is 0 Å². The number of methoxy groups -OCH3 is 1. The van der Waals surface area contributed by atoms with Gasteiger partial charge in [-0.25, -0.2) is 0 Å². The van der Waals surface area contributed by atoms with Crippen molar-refractivity contribution in [1.82, 2.24) is 0 Å². The number of rotatable bonds is 3. The minimum Gasteiger partial charge on any atom is -1.00 e. The molecule has 0 amide bonds. The average molecular weight is 365 g/mol. The van der Waals surface area contributed by atoms with Crippen LogP contribution in [-0.2, 0) is 4.74 Å². The molecule has 1 nitrogen and oxygen atoms in total. The summed E-state index contributed by atoms with van der Waals surface area (Å²) in [4.78, 5) is 0. The first kappa shape index (κ1) is 16.7. The van der Waals surface area contributed by atoms with Gasteiger partial charge in [0.2, 0.25) is 0 Å². The van der Waals surface area contributed by atoms with E-state index < -0.39 is 7.26 Å². The summed E-state index contributed by atoms with van der Waals surface area (Å²) in [6.45, 7) is 0. The topological polar surface area (TPSA) is 9.23 Å². The van der Waals surface area contributed by atoms with Crippen molar-refractivity contribution in [2.45, 2.75) is 18.9 Å². The highest BCUT2D eigenvalue weighted by molar-refractivity contribution is 7.89. The summed E-state index contributed by atoms with van der Waals surface area (Å²) in [5.74, 6) is 0. The lowest BCUT2D eigenvalue weighted by Crippen LogP contribution is -3.00. The van der Waals surface area contributed by atoms with E-state index in [2.05, 4.69) is 60.7 Å². The molecule has 1 heterocycles. The van der Waals surface area contributed by atoms with E-state index in [1.54, 1.807) is 10.6 Å². The number of ether oxygens (including phenoxy) is 1. The van der Waals surface area contributed by atoms with Gasteiger partial charge in [0, 0.05) is 20.0 Å². The standard InChI is InChI=1S/C18H22OP.BrH/c1-19-16-12-14-20(15-13-16,17-8-4-2-5-9-17)18-10-6-3-7-11-18;/h2-11,16H,12-15H2,1H3;1H/q+1;/p-1. The van der Waals surface area contributed by atoms with Gasteiger partial charge in [0.25, 0.3) is 0 Å². The van der Waals surface area contributed by atoms with E-state index in [-0.39, 0.29) is 17.0 Å².